The lowest BCUT2D eigenvalue weighted by molar-refractivity contribution is 0.0284. The van der Waals surface area contributed by atoms with E-state index >= 15 is 0 Å². The highest BCUT2D eigenvalue weighted by Gasteiger charge is 2.20. The lowest BCUT2D eigenvalue weighted by atomic mass is 10.2. The molecule has 1 aromatic carbocycles. The van der Waals surface area contributed by atoms with Crippen molar-refractivity contribution in [2.24, 2.45) is 0 Å². The monoisotopic (exact) mass is 275 g/mol. The first kappa shape index (κ1) is 15.9. The fourth-order valence-corrected chi connectivity index (χ4v) is 1.55. The highest BCUT2D eigenvalue weighted by Crippen LogP contribution is 2.20. The number of rotatable bonds is 4. The zero-order valence-corrected chi connectivity index (χ0v) is 12.5. The van der Waals surface area contributed by atoms with Gasteiger partial charge in [0.25, 0.3) is 0 Å². The number of terminal acetylenes is 1. The van der Waals surface area contributed by atoms with E-state index < -0.39 is 5.60 Å². The highest BCUT2D eigenvalue weighted by atomic mass is 16.6. The summed E-state index contributed by atoms with van der Waals surface area (Å²) < 4.78 is 10.8. The van der Waals surface area contributed by atoms with Crippen molar-refractivity contribution in [1.29, 1.82) is 0 Å². The molecular weight excluding hydrogens is 254 g/mol. The van der Waals surface area contributed by atoms with Crippen LogP contribution < -0.4 is 4.74 Å². The van der Waals surface area contributed by atoms with E-state index in [1.807, 2.05) is 45.0 Å². The second-order valence-corrected chi connectivity index (χ2v) is 5.44. The molecule has 108 valence electrons. The Balaban J connectivity index is 2.73. The molecule has 0 aliphatic carbocycles. The van der Waals surface area contributed by atoms with Crippen molar-refractivity contribution in [2.45, 2.75) is 32.9 Å². The summed E-state index contributed by atoms with van der Waals surface area (Å²) >= 11 is 0. The van der Waals surface area contributed by atoms with E-state index in [1.54, 1.807) is 7.05 Å². The Labute approximate surface area is 120 Å². The summed E-state index contributed by atoms with van der Waals surface area (Å²) in [6.07, 6.45) is 4.81. The number of benzene rings is 1. The number of ether oxygens (including phenoxy) is 2. The van der Waals surface area contributed by atoms with Crippen molar-refractivity contribution in [3.63, 3.8) is 0 Å². The van der Waals surface area contributed by atoms with Crippen LogP contribution in [0.1, 0.15) is 26.3 Å². The first-order valence-corrected chi connectivity index (χ1v) is 6.42. The van der Waals surface area contributed by atoms with Crippen LogP contribution >= 0.6 is 0 Å². The minimum absolute atomic E-state index is 0.202. The van der Waals surface area contributed by atoms with Crippen LogP contribution in [0.25, 0.3) is 0 Å². The van der Waals surface area contributed by atoms with Gasteiger partial charge in [-0.15, -0.1) is 6.42 Å². The summed E-state index contributed by atoms with van der Waals surface area (Å²) in [4.78, 5) is 13.4. The van der Waals surface area contributed by atoms with Gasteiger partial charge in [0.15, 0.2) is 0 Å². The number of carbonyl (C=O) groups excluding carboxylic acids is 1. The van der Waals surface area contributed by atoms with Gasteiger partial charge in [-0.25, -0.2) is 4.79 Å². The summed E-state index contributed by atoms with van der Waals surface area (Å²) in [5.41, 5.74) is 0.376. The largest absolute Gasteiger partial charge is 0.481 e. The molecule has 0 saturated carbocycles. The van der Waals surface area contributed by atoms with Crippen LogP contribution in [0, 0.1) is 12.3 Å². The molecule has 1 amide bonds. The molecule has 0 aliphatic heterocycles. The fraction of sp³-hybridized carbons (Fsp3) is 0.438. The average Bonchev–Trinajstić information content (AvgIpc) is 2.35. The van der Waals surface area contributed by atoms with E-state index in [4.69, 9.17) is 15.9 Å². The van der Waals surface area contributed by atoms with Crippen LogP contribution in [-0.4, -0.2) is 30.2 Å². The maximum absolute atomic E-state index is 11.9. The van der Waals surface area contributed by atoms with Gasteiger partial charge in [0.1, 0.15) is 18.0 Å². The Hall–Kier alpha value is -2.15. The molecule has 0 spiro atoms. The van der Waals surface area contributed by atoms with Crippen LogP contribution in [-0.2, 0) is 11.3 Å². The normalized spacial score (nSPS) is 10.6. The molecule has 4 nitrogen and oxygen atoms in total. The minimum atomic E-state index is -0.509. The zero-order chi connectivity index (χ0) is 15.2. The number of amides is 1. The summed E-state index contributed by atoms with van der Waals surface area (Å²) in [6, 6.07) is 7.48. The molecule has 0 radical (unpaired) electrons. The van der Waals surface area contributed by atoms with Crippen LogP contribution in [0.4, 0.5) is 4.79 Å². The van der Waals surface area contributed by atoms with Crippen molar-refractivity contribution in [3.8, 4) is 18.1 Å². The van der Waals surface area contributed by atoms with E-state index in [9.17, 15) is 4.79 Å². The van der Waals surface area contributed by atoms with Crippen LogP contribution in [0.15, 0.2) is 24.3 Å². The Morgan fingerprint density at radius 3 is 2.60 bits per heavy atom. The second kappa shape index (κ2) is 6.85. The van der Waals surface area contributed by atoms with Gasteiger partial charge in [-0.2, -0.15) is 0 Å². The van der Waals surface area contributed by atoms with Gasteiger partial charge in [-0.05, 0) is 26.8 Å². The summed E-state index contributed by atoms with van der Waals surface area (Å²) in [6.45, 7) is 6.11. The first-order chi connectivity index (χ1) is 9.33. The van der Waals surface area contributed by atoms with Gasteiger partial charge in [-0.1, -0.05) is 24.1 Å². The number of hydrogen-bond acceptors (Lipinski definition) is 3. The highest BCUT2D eigenvalue weighted by molar-refractivity contribution is 5.67. The Kier molecular flexibility index (Phi) is 5.45. The van der Waals surface area contributed by atoms with Crippen molar-refractivity contribution in [1.82, 2.24) is 4.90 Å². The van der Waals surface area contributed by atoms with Crippen LogP contribution in [0.3, 0.4) is 0 Å². The molecule has 0 bridgehead atoms. The molecular formula is C16H21NO3. The van der Waals surface area contributed by atoms with Gasteiger partial charge >= 0.3 is 6.09 Å². The molecule has 0 N–H and O–H groups in total. The molecule has 0 fully saturated rings. The van der Waals surface area contributed by atoms with Crippen molar-refractivity contribution in [3.05, 3.63) is 29.8 Å². The SMILES string of the molecule is C#CCOc1ccccc1CN(C)C(=O)OC(C)(C)C. The lowest BCUT2D eigenvalue weighted by Crippen LogP contribution is -2.33. The number of para-hydroxylation sites is 1. The molecule has 4 heteroatoms. The van der Waals surface area contributed by atoms with E-state index in [-0.39, 0.29) is 12.7 Å². The van der Waals surface area contributed by atoms with Crippen LogP contribution in [0.5, 0.6) is 5.75 Å². The van der Waals surface area contributed by atoms with Crippen LogP contribution in [0.2, 0.25) is 0 Å². The maximum Gasteiger partial charge on any atom is 0.410 e. The Morgan fingerprint density at radius 2 is 2.00 bits per heavy atom. The summed E-state index contributed by atoms with van der Waals surface area (Å²) in [7, 11) is 1.69. The standard InChI is InChI=1S/C16H21NO3/c1-6-11-19-14-10-8-7-9-13(14)12-17(5)15(18)20-16(2,3)4/h1,7-10H,11-12H2,2-5H3. The molecule has 1 rings (SSSR count). The lowest BCUT2D eigenvalue weighted by Gasteiger charge is -2.25. The summed E-state index contributed by atoms with van der Waals surface area (Å²) in [5.74, 6) is 3.10. The minimum Gasteiger partial charge on any atom is -0.481 e. The molecule has 1 aromatic rings. The third-order valence-corrected chi connectivity index (χ3v) is 2.40. The third kappa shape index (κ3) is 5.23. The van der Waals surface area contributed by atoms with E-state index in [0.29, 0.717) is 12.3 Å². The van der Waals surface area contributed by atoms with E-state index in [1.165, 1.54) is 4.90 Å². The number of hydrogen-bond donors (Lipinski definition) is 0. The zero-order valence-electron chi connectivity index (χ0n) is 12.5. The molecule has 0 heterocycles. The average molecular weight is 275 g/mol. The van der Waals surface area contributed by atoms with E-state index in [0.717, 1.165) is 5.56 Å². The Bertz CT molecular complexity index is 497. The van der Waals surface area contributed by atoms with Crippen molar-refractivity contribution >= 4 is 6.09 Å². The topological polar surface area (TPSA) is 38.8 Å². The molecule has 0 atom stereocenters. The third-order valence-electron chi connectivity index (χ3n) is 2.40. The fourth-order valence-electron chi connectivity index (χ4n) is 1.55. The predicted octanol–water partition coefficient (Wildman–Crippen LogP) is 3.07. The van der Waals surface area contributed by atoms with Gasteiger partial charge in [0.05, 0.1) is 6.54 Å². The quantitative estimate of drug-likeness (QED) is 0.793. The molecule has 0 aliphatic rings. The van der Waals surface area contributed by atoms with Crippen molar-refractivity contribution in [2.75, 3.05) is 13.7 Å². The predicted molar refractivity (Wildman–Crippen MR) is 78.5 cm³/mol. The van der Waals surface area contributed by atoms with Gasteiger partial charge in [-0.3, -0.25) is 0 Å². The van der Waals surface area contributed by atoms with Crippen molar-refractivity contribution < 1.29 is 14.3 Å². The van der Waals surface area contributed by atoms with Gasteiger partial charge < -0.3 is 14.4 Å². The van der Waals surface area contributed by atoms with Gasteiger partial charge in [0.2, 0.25) is 0 Å². The maximum atomic E-state index is 11.9. The number of carbonyl (C=O) groups is 1. The number of nitrogens with zero attached hydrogens (tertiary/aromatic N) is 1. The summed E-state index contributed by atoms with van der Waals surface area (Å²) in [5, 5.41) is 0. The Morgan fingerprint density at radius 1 is 1.35 bits per heavy atom. The second-order valence-electron chi connectivity index (χ2n) is 5.44. The van der Waals surface area contributed by atoms with Gasteiger partial charge in [0, 0.05) is 12.6 Å². The smallest absolute Gasteiger partial charge is 0.410 e. The molecule has 0 saturated heterocycles. The molecule has 20 heavy (non-hydrogen) atoms. The molecule has 0 unspecified atom stereocenters. The molecule has 0 aromatic heterocycles. The van der Waals surface area contributed by atoms with E-state index in [2.05, 4.69) is 5.92 Å². The first-order valence-electron chi connectivity index (χ1n) is 6.42.